The van der Waals surface area contributed by atoms with E-state index in [0.29, 0.717) is 15.9 Å². The number of nitrogens with two attached hydrogens (primary N) is 1. The molecular formula is C9H10BrN3O3. The summed E-state index contributed by atoms with van der Waals surface area (Å²) in [5, 5.41) is 2.37. The van der Waals surface area contributed by atoms with E-state index in [1.54, 1.807) is 23.6 Å². The third kappa shape index (κ3) is 2.94. The number of rotatable bonds is 2. The lowest BCUT2D eigenvalue weighted by Crippen LogP contribution is -2.39. The van der Waals surface area contributed by atoms with Crippen LogP contribution in [0.3, 0.4) is 0 Å². The molecule has 4 N–H and O–H groups in total. The summed E-state index contributed by atoms with van der Waals surface area (Å²) in [6, 6.07) is 4.87. The SMILES string of the molecule is COc1ccc(NC(=O)C(=O)NN)cc1Br. The third-order valence-corrected chi connectivity index (χ3v) is 2.37. The molecule has 0 aliphatic carbocycles. The molecule has 0 unspecified atom stereocenters. The third-order valence-electron chi connectivity index (χ3n) is 1.75. The lowest BCUT2D eigenvalue weighted by Gasteiger charge is -2.07. The first-order valence-electron chi connectivity index (χ1n) is 4.24. The molecule has 2 amide bonds. The van der Waals surface area contributed by atoms with Gasteiger partial charge < -0.3 is 10.1 Å². The Morgan fingerprint density at radius 3 is 2.56 bits per heavy atom. The van der Waals surface area contributed by atoms with E-state index in [0.717, 1.165) is 0 Å². The molecule has 1 aromatic rings. The van der Waals surface area contributed by atoms with E-state index in [1.165, 1.54) is 7.11 Å². The fraction of sp³-hybridized carbons (Fsp3) is 0.111. The number of carbonyl (C=O) groups is 2. The van der Waals surface area contributed by atoms with Gasteiger partial charge >= 0.3 is 11.8 Å². The molecule has 0 heterocycles. The normalized spacial score (nSPS) is 9.44. The Morgan fingerprint density at radius 2 is 2.06 bits per heavy atom. The zero-order valence-electron chi connectivity index (χ0n) is 8.41. The van der Waals surface area contributed by atoms with Crippen LogP contribution in [-0.2, 0) is 9.59 Å². The van der Waals surface area contributed by atoms with Crippen molar-refractivity contribution in [2.75, 3.05) is 12.4 Å². The van der Waals surface area contributed by atoms with Gasteiger partial charge in [0.1, 0.15) is 5.75 Å². The van der Waals surface area contributed by atoms with Crippen molar-refractivity contribution in [2.24, 2.45) is 5.84 Å². The van der Waals surface area contributed by atoms with E-state index in [9.17, 15) is 9.59 Å². The largest absolute Gasteiger partial charge is 0.496 e. The van der Waals surface area contributed by atoms with Gasteiger partial charge in [-0.05, 0) is 34.1 Å². The van der Waals surface area contributed by atoms with Crippen LogP contribution in [0.4, 0.5) is 5.69 Å². The van der Waals surface area contributed by atoms with Crippen molar-refractivity contribution in [2.45, 2.75) is 0 Å². The van der Waals surface area contributed by atoms with Crippen molar-refractivity contribution in [1.82, 2.24) is 5.43 Å². The van der Waals surface area contributed by atoms with Crippen molar-refractivity contribution in [3.05, 3.63) is 22.7 Å². The second-order valence-electron chi connectivity index (χ2n) is 2.78. The predicted octanol–water partition coefficient (Wildman–Crippen LogP) is 0.386. The van der Waals surface area contributed by atoms with Crippen LogP contribution in [0, 0.1) is 0 Å². The summed E-state index contributed by atoms with van der Waals surface area (Å²) in [4.78, 5) is 22.0. The van der Waals surface area contributed by atoms with E-state index >= 15 is 0 Å². The fourth-order valence-electron chi connectivity index (χ4n) is 0.998. The summed E-state index contributed by atoms with van der Waals surface area (Å²) in [5.74, 6) is 3.69. The van der Waals surface area contributed by atoms with Gasteiger partial charge in [-0.3, -0.25) is 15.0 Å². The number of benzene rings is 1. The highest BCUT2D eigenvalue weighted by atomic mass is 79.9. The smallest absolute Gasteiger partial charge is 0.323 e. The molecule has 1 rings (SSSR count). The van der Waals surface area contributed by atoms with Crippen molar-refractivity contribution in [3.8, 4) is 5.75 Å². The van der Waals surface area contributed by atoms with Crippen molar-refractivity contribution in [1.29, 1.82) is 0 Å². The van der Waals surface area contributed by atoms with Crippen LogP contribution in [-0.4, -0.2) is 18.9 Å². The number of methoxy groups -OCH3 is 1. The molecule has 86 valence electrons. The first-order valence-corrected chi connectivity index (χ1v) is 5.03. The van der Waals surface area contributed by atoms with Gasteiger partial charge in [0.15, 0.2) is 0 Å². The molecule has 0 aromatic heterocycles. The second kappa shape index (κ2) is 5.47. The van der Waals surface area contributed by atoms with Crippen molar-refractivity contribution < 1.29 is 14.3 Å². The maximum atomic E-state index is 11.2. The molecule has 1 aromatic carbocycles. The number of halogens is 1. The Balaban J connectivity index is 2.79. The van der Waals surface area contributed by atoms with Gasteiger partial charge in [0.25, 0.3) is 0 Å². The minimum absolute atomic E-state index is 0.460. The second-order valence-corrected chi connectivity index (χ2v) is 3.63. The molecule has 0 fully saturated rings. The highest BCUT2D eigenvalue weighted by Crippen LogP contribution is 2.27. The zero-order valence-corrected chi connectivity index (χ0v) is 10.00. The molecule has 0 spiro atoms. The molecule has 0 bridgehead atoms. The molecule has 16 heavy (non-hydrogen) atoms. The quantitative estimate of drug-likeness (QED) is 0.317. The molecule has 0 saturated carbocycles. The van der Waals surface area contributed by atoms with E-state index in [4.69, 9.17) is 10.6 Å². The Morgan fingerprint density at radius 1 is 1.38 bits per heavy atom. The van der Waals surface area contributed by atoms with Crippen LogP contribution in [0.15, 0.2) is 22.7 Å². The minimum atomic E-state index is -0.910. The van der Waals surface area contributed by atoms with Gasteiger partial charge in [0.2, 0.25) is 0 Å². The topological polar surface area (TPSA) is 93.4 Å². The number of nitrogens with one attached hydrogen (secondary N) is 2. The van der Waals surface area contributed by atoms with E-state index in [1.807, 2.05) is 0 Å². The summed E-state index contributed by atoms with van der Waals surface area (Å²) in [7, 11) is 1.53. The maximum absolute atomic E-state index is 11.2. The van der Waals surface area contributed by atoms with Gasteiger partial charge in [-0.15, -0.1) is 0 Å². The lowest BCUT2D eigenvalue weighted by atomic mass is 10.3. The highest BCUT2D eigenvalue weighted by Gasteiger charge is 2.12. The minimum Gasteiger partial charge on any atom is -0.496 e. The van der Waals surface area contributed by atoms with Crippen molar-refractivity contribution in [3.63, 3.8) is 0 Å². The molecule has 0 aliphatic heterocycles. The summed E-state index contributed by atoms with van der Waals surface area (Å²) in [5.41, 5.74) is 2.19. The average molecular weight is 288 g/mol. The van der Waals surface area contributed by atoms with Gasteiger partial charge in [-0.25, -0.2) is 5.84 Å². The van der Waals surface area contributed by atoms with Crippen molar-refractivity contribution >= 4 is 33.4 Å². The molecule has 6 nitrogen and oxygen atoms in total. The molecule has 0 aliphatic rings. The molecule has 0 atom stereocenters. The summed E-state index contributed by atoms with van der Waals surface area (Å²) < 4.78 is 5.68. The first kappa shape index (κ1) is 12.5. The maximum Gasteiger partial charge on any atom is 0.323 e. The standard InChI is InChI=1S/C9H10BrN3O3/c1-16-7-3-2-5(4-6(7)10)12-8(14)9(15)13-11/h2-4H,11H2,1H3,(H,12,14)(H,13,15). The van der Waals surface area contributed by atoms with E-state index in [-0.39, 0.29) is 0 Å². The number of carbonyl (C=O) groups excluding carboxylic acids is 2. The molecule has 0 saturated heterocycles. The van der Waals surface area contributed by atoms with Crippen LogP contribution in [0.1, 0.15) is 0 Å². The Labute approximate surface area is 100 Å². The summed E-state index contributed by atoms with van der Waals surface area (Å²) >= 11 is 3.25. The lowest BCUT2D eigenvalue weighted by molar-refractivity contribution is -0.136. The molecule has 7 heteroatoms. The average Bonchev–Trinajstić information content (AvgIpc) is 2.28. The molecular weight excluding hydrogens is 278 g/mol. The van der Waals surface area contributed by atoms with E-state index < -0.39 is 11.8 Å². The first-order chi connectivity index (χ1) is 7.58. The van der Waals surface area contributed by atoms with Crippen LogP contribution in [0.2, 0.25) is 0 Å². The number of hydrogen-bond donors (Lipinski definition) is 3. The Hall–Kier alpha value is -1.60. The fourth-order valence-corrected chi connectivity index (χ4v) is 1.54. The number of ether oxygens (including phenoxy) is 1. The summed E-state index contributed by atoms with van der Waals surface area (Å²) in [6.07, 6.45) is 0. The number of hydrazine groups is 1. The Bertz CT molecular complexity index is 422. The monoisotopic (exact) mass is 287 g/mol. The van der Waals surface area contributed by atoms with Gasteiger partial charge in [-0.1, -0.05) is 0 Å². The van der Waals surface area contributed by atoms with Crippen LogP contribution in [0.5, 0.6) is 5.75 Å². The predicted molar refractivity (Wildman–Crippen MR) is 61.7 cm³/mol. The molecule has 0 radical (unpaired) electrons. The number of hydrogen-bond acceptors (Lipinski definition) is 4. The van der Waals surface area contributed by atoms with E-state index in [2.05, 4.69) is 21.2 Å². The zero-order chi connectivity index (χ0) is 12.1. The summed E-state index contributed by atoms with van der Waals surface area (Å²) in [6.45, 7) is 0. The van der Waals surface area contributed by atoms with Gasteiger partial charge in [0, 0.05) is 5.69 Å². The highest BCUT2D eigenvalue weighted by molar-refractivity contribution is 9.10. The number of amides is 2. The van der Waals surface area contributed by atoms with Crippen LogP contribution < -0.4 is 21.3 Å². The van der Waals surface area contributed by atoms with Crippen LogP contribution >= 0.6 is 15.9 Å². The number of anilines is 1. The Kier molecular flexibility index (Phi) is 4.27. The van der Waals surface area contributed by atoms with Gasteiger partial charge in [-0.2, -0.15) is 0 Å². The van der Waals surface area contributed by atoms with Gasteiger partial charge in [0.05, 0.1) is 11.6 Å². The van der Waals surface area contributed by atoms with Crippen LogP contribution in [0.25, 0.3) is 0 Å².